The van der Waals surface area contributed by atoms with Gasteiger partial charge in [-0.25, -0.2) is 13.4 Å². The van der Waals surface area contributed by atoms with Crippen molar-refractivity contribution < 1.29 is 13.2 Å². The fourth-order valence-corrected chi connectivity index (χ4v) is 4.70. The molecule has 1 saturated heterocycles. The van der Waals surface area contributed by atoms with Crippen LogP contribution in [0.3, 0.4) is 0 Å². The van der Waals surface area contributed by atoms with Gasteiger partial charge in [0.1, 0.15) is 17.1 Å². The molecule has 2 aromatic heterocycles. The van der Waals surface area contributed by atoms with Crippen LogP contribution in [0.5, 0.6) is 5.75 Å². The smallest absolute Gasteiger partial charge is 0.153 e. The monoisotopic (exact) mass is 294 g/mol. The van der Waals surface area contributed by atoms with E-state index in [-0.39, 0.29) is 5.25 Å². The molecule has 0 aromatic carbocycles. The van der Waals surface area contributed by atoms with Gasteiger partial charge < -0.3 is 9.14 Å². The average Bonchev–Trinajstić information content (AvgIpc) is 2.84. The molecular formula is C14H18N2O3S. The highest BCUT2D eigenvalue weighted by Crippen LogP contribution is 2.25. The molecule has 0 amide bonds. The lowest BCUT2D eigenvalue weighted by Gasteiger charge is -2.21. The quantitative estimate of drug-likeness (QED) is 0.867. The highest BCUT2D eigenvalue weighted by Gasteiger charge is 2.30. The highest BCUT2D eigenvalue weighted by molar-refractivity contribution is 7.92. The summed E-state index contributed by atoms with van der Waals surface area (Å²) < 4.78 is 31.4. The molecule has 1 atom stereocenters. The molecule has 6 heteroatoms. The molecule has 2 aromatic rings. The van der Waals surface area contributed by atoms with Crippen LogP contribution >= 0.6 is 0 Å². The third kappa shape index (κ3) is 2.28. The molecule has 0 bridgehead atoms. The summed E-state index contributed by atoms with van der Waals surface area (Å²) in [6, 6.07) is 3.75. The summed E-state index contributed by atoms with van der Waals surface area (Å²) in [5, 5.41) is -0.298. The number of aromatic nitrogens is 2. The number of nitrogens with zero attached hydrogens (tertiary/aromatic N) is 2. The number of ether oxygens (including phenoxy) is 1. The lowest BCUT2D eigenvalue weighted by Crippen LogP contribution is -2.30. The molecule has 1 fully saturated rings. The second-order valence-corrected chi connectivity index (χ2v) is 7.60. The Bertz CT molecular complexity index is 721. The average molecular weight is 294 g/mol. The van der Waals surface area contributed by atoms with Crippen LogP contribution in [0.2, 0.25) is 0 Å². The Kier molecular flexibility index (Phi) is 3.41. The molecule has 108 valence electrons. The Balaban J connectivity index is 1.95. The van der Waals surface area contributed by atoms with E-state index in [1.54, 1.807) is 13.3 Å². The summed E-state index contributed by atoms with van der Waals surface area (Å²) in [4.78, 5) is 4.38. The van der Waals surface area contributed by atoms with Crippen LogP contribution in [-0.4, -0.2) is 35.9 Å². The predicted octanol–water partition coefficient (Wildman–Crippen LogP) is 1.85. The molecule has 5 nitrogen and oxygen atoms in total. The van der Waals surface area contributed by atoms with Gasteiger partial charge >= 0.3 is 0 Å². The van der Waals surface area contributed by atoms with Gasteiger partial charge in [-0.05, 0) is 25.0 Å². The van der Waals surface area contributed by atoms with E-state index < -0.39 is 9.84 Å². The van der Waals surface area contributed by atoms with Crippen LogP contribution in [0.1, 0.15) is 25.1 Å². The van der Waals surface area contributed by atoms with Gasteiger partial charge in [-0.3, -0.25) is 0 Å². The minimum Gasteiger partial charge on any atom is -0.494 e. The van der Waals surface area contributed by atoms with E-state index in [9.17, 15) is 8.42 Å². The van der Waals surface area contributed by atoms with Crippen LogP contribution in [-0.2, 0) is 16.3 Å². The maximum Gasteiger partial charge on any atom is 0.153 e. The third-order valence-corrected chi connectivity index (χ3v) is 6.23. The minimum atomic E-state index is -2.97. The number of sulfone groups is 1. The van der Waals surface area contributed by atoms with Crippen molar-refractivity contribution in [2.45, 2.75) is 30.9 Å². The van der Waals surface area contributed by atoms with E-state index in [4.69, 9.17) is 4.74 Å². The van der Waals surface area contributed by atoms with Gasteiger partial charge in [0.2, 0.25) is 0 Å². The maximum absolute atomic E-state index is 12.1. The lowest BCUT2D eigenvalue weighted by molar-refractivity contribution is 0.418. The second-order valence-electron chi connectivity index (χ2n) is 5.20. The molecule has 0 N–H and O–H groups in total. The number of pyridine rings is 1. The molecule has 0 saturated carbocycles. The van der Waals surface area contributed by atoms with E-state index in [1.807, 2.05) is 22.7 Å². The van der Waals surface area contributed by atoms with Crippen molar-refractivity contribution in [2.75, 3.05) is 12.9 Å². The van der Waals surface area contributed by atoms with Crippen LogP contribution in [0, 0.1) is 0 Å². The number of rotatable bonds is 3. The first-order valence-electron chi connectivity index (χ1n) is 6.82. The molecule has 1 aliphatic heterocycles. The maximum atomic E-state index is 12.1. The van der Waals surface area contributed by atoms with E-state index >= 15 is 0 Å². The Labute approximate surface area is 118 Å². The summed E-state index contributed by atoms with van der Waals surface area (Å²) in [7, 11) is -1.35. The first-order valence-corrected chi connectivity index (χ1v) is 8.54. The SMILES string of the molecule is COc1cccn2c(CC3CCCCS3(=O)=O)ncc12. The first-order chi connectivity index (χ1) is 9.62. The van der Waals surface area contributed by atoms with Gasteiger partial charge in [0, 0.05) is 12.6 Å². The standard InChI is InChI=1S/C14H18N2O3S/c1-19-13-6-4-7-16-12(13)10-15-14(16)9-11-5-2-3-8-20(11,17)18/h4,6-7,10-11H,2-3,5,8-9H2,1H3. The Morgan fingerprint density at radius 2 is 2.30 bits per heavy atom. The van der Waals surface area contributed by atoms with Gasteiger partial charge in [0.15, 0.2) is 9.84 Å². The van der Waals surface area contributed by atoms with Crippen molar-refractivity contribution in [1.82, 2.24) is 9.38 Å². The molecular weight excluding hydrogens is 276 g/mol. The molecule has 3 heterocycles. The normalized spacial score (nSPS) is 21.9. The van der Waals surface area contributed by atoms with Crippen molar-refractivity contribution in [1.29, 1.82) is 0 Å². The van der Waals surface area contributed by atoms with Gasteiger partial charge in [-0.15, -0.1) is 0 Å². The van der Waals surface area contributed by atoms with Crippen LogP contribution in [0.25, 0.3) is 5.52 Å². The van der Waals surface area contributed by atoms with E-state index in [1.165, 1.54) is 0 Å². The van der Waals surface area contributed by atoms with Crippen molar-refractivity contribution in [3.05, 3.63) is 30.4 Å². The van der Waals surface area contributed by atoms with Gasteiger partial charge in [-0.1, -0.05) is 6.42 Å². The predicted molar refractivity (Wildman–Crippen MR) is 76.9 cm³/mol. The number of methoxy groups -OCH3 is 1. The summed E-state index contributed by atoms with van der Waals surface area (Å²) in [6.45, 7) is 0. The first kappa shape index (κ1) is 13.4. The van der Waals surface area contributed by atoms with Crippen molar-refractivity contribution in [3.8, 4) is 5.75 Å². The minimum absolute atomic E-state index is 0.298. The fraction of sp³-hybridized carbons (Fsp3) is 0.500. The Morgan fingerprint density at radius 3 is 3.05 bits per heavy atom. The van der Waals surface area contributed by atoms with Gasteiger partial charge in [-0.2, -0.15) is 0 Å². The van der Waals surface area contributed by atoms with Crippen molar-refractivity contribution >= 4 is 15.4 Å². The molecule has 1 unspecified atom stereocenters. The molecule has 0 aliphatic carbocycles. The molecule has 0 spiro atoms. The van der Waals surface area contributed by atoms with E-state index in [0.717, 1.165) is 36.4 Å². The summed E-state index contributed by atoms with van der Waals surface area (Å²) in [5.74, 6) is 1.84. The topological polar surface area (TPSA) is 60.7 Å². The molecule has 1 aliphatic rings. The molecule has 0 radical (unpaired) electrons. The van der Waals surface area contributed by atoms with E-state index in [0.29, 0.717) is 12.2 Å². The lowest BCUT2D eigenvalue weighted by atomic mass is 10.1. The summed E-state index contributed by atoms with van der Waals surface area (Å²) >= 11 is 0. The largest absolute Gasteiger partial charge is 0.494 e. The van der Waals surface area contributed by atoms with Crippen molar-refractivity contribution in [3.63, 3.8) is 0 Å². The zero-order chi connectivity index (χ0) is 14.2. The molecule has 3 rings (SSSR count). The van der Waals surface area contributed by atoms with E-state index in [2.05, 4.69) is 4.98 Å². The number of hydrogen-bond donors (Lipinski definition) is 0. The summed E-state index contributed by atoms with van der Waals surface area (Å²) in [6.07, 6.45) is 6.62. The highest BCUT2D eigenvalue weighted by atomic mass is 32.2. The van der Waals surface area contributed by atoms with Crippen molar-refractivity contribution in [2.24, 2.45) is 0 Å². The Hall–Kier alpha value is -1.56. The number of fused-ring (bicyclic) bond motifs is 1. The zero-order valence-corrected chi connectivity index (χ0v) is 12.3. The fourth-order valence-electron chi connectivity index (χ4n) is 2.83. The third-order valence-electron chi connectivity index (χ3n) is 3.95. The molecule has 20 heavy (non-hydrogen) atoms. The van der Waals surface area contributed by atoms with Crippen LogP contribution in [0.15, 0.2) is 24.5 Å². The van der Waals surface area contributed by atoms with Crippen LogP contribution < -0.4 is 4.74 Å². The summed E-state index contributed by atoms with van der Waals surface area (Å²) in [5.41, 5.74) is 0.873. The van der Waals surface area contributed by atoms with Crippen LogP contribution in [0.4, 0.5) is 0 Å². The van der Waals surface area contributed by atoms with Gasteiger partial charge in [0.05, 0.1) is 24.3 Å². The second kappa shape index (κ2) is 5.09. The van der Waals surface area contributed by atoms with Gasteiger partial charge in [0.25, 0.3) is 0 Å². The number of hydrogen-bond acceptors (Lipinski definition) is 4. The number of imidazole rings is 1. The Morgan fingerprint density at radius 1 is 1.45 bits per heavy atom. The zero-order valence-electron chi connectivity index (χ0n) is 11.4.